The van der Waals surface area contributed by atoms with Crippen LogP contribution in [-0.2, 0) is 14.3 Å². The second-order valence-corrected chi connectivity index (χ2v) is 5.67. The smallest absolute Gasteiger partial charge is 0.326 e. The SMILES string of the molecule is CCC1(CC)NC(=O)N(CC(=O)OCC(=O)c2ccccc2F)C1=O. The molecule has 0 saturated carbocycles. The molecule has 8 heteroatoms. The third-order valence-corrected chi connectivity index (χ3v) is 4.28. The monoisotopic (exact) mass is 350 g/mol. The second-order valence-electron chi connectivity index (χ2n) is 5.67. The van der Waals surface area contributed by atoms with Crippen LogP contribution in [0.25, 0.3) is 0 Å². The number of hydrogen-bond acceptors (Lipinski definition) is 5. The van der Waals surface area contributed by atoms with Gasteiger partial charge in [-0.2, -0.15) is 0 Å². The Morgan fingerprint density at radius 1 is 1.20 bits per heavy atom. The molecule has 3 amide bonds. The number of Topliss-reactive ketones (excluding diaryl/α,β-unsaturated/α-hetero) is 1. The first kappa shape index (κ1) is 18.6. The molecule has 1 aromatic carbocycles. The van der Waals surface area contributed by atoms with Crippen LogP contribution in [0.4, 0.5) is 9.18 Å². The molecular weight excluding hydrogens is 331 g/mol. The van der Waals surface area contributed by atoms with E-state index < -0.39 is 48.2 Å². The first-order valence-corrected chi connectivity index (χ1v) is 7.92. The van der Waals surface area contributed by atoms with E-state index in [-0.39, 0.29) is 5.56 Å². The number of carbonyl (C=O) groups excluding carboxylic acids is 4. The van der Waals surface area contributed by atoms with Crippen molar-refractivity contribution in [3.05, 3.63) is 35.6 Å². The third kappa shape index (κ3) is 3.67. The maximum Gasteiger partial charge on any atom is 0.326 e. The third-order valence-electron chi connectivity index (χ3n) is 4.28. The lowest BCUT2D eigenvalue weighted by molar-refractivity contribution is -0.146. The minimum Gasteiger partial charge on any atom is -0.456 e. The van der Waals surface area contributed by atoms with Gasteiger partial charge in [0.05, 0.1) is 5.56 Å². The molecule has 1 heterocycles. The summed E-state index contributed by atoms with van der Waals surface area (Å²) in [7, 11) is 0. The Hall–Kier alpha value is -2.77. The predicted octanol–water partition coefficient (Wildman–Crippen LogP) is 1.66. The molecule has 1 fully saturated rings. The molecule has 0 spiro atoms. The summed E-state index contributed by atoms with van der Waals surface area (Å²) in [4.78, 5) is 48.8. The minimum absolute atomic E-state index is 0.193. The molecule has 0 bridgehead atoms. The largest absolute Gasteiger partial charge is 0.456 e. The second kappa shape index (κ2) is 7.42. The topological polar surface area (TPSA) is 92.8 Å². The van der Waals surface area contributed by atoms with E-state index in [4.69, 9.17) is 4.74 Å². The fraction of sp³-hybridized carbons (Fsp3) is 0.412. The first-order chi connectivity index (χ1) is 11.8. The van der Waals surface area contributed by atoms with Gasteiger partial charge in [0.15, 0.2) is 6.61 Å². The highest BCUT2D eigenvalue weighted by Gasteiger charge is 2.49. The lowest BCUT2D eigenvalue weighted by Crippen LogP contribution is -2.46. The van der Waals surface area contributed by atoms with E-state index in [0.29, 0.717) is 12.8 Å². The number of nitrogens with one attached hydrogen (secondary N) is 1. The summed E-state index contributed by atoms with van der Waals surface area (Å²) in [6.45, 7) is 2.25. The van der Waals surface area contributed by atoms with Crippen molar-refractivity contribution in [2.45, 2.75) is 32.2 Å². The van der Waals surface area contributed by atoms with E-state index in [1.165, 1.54) is 18.2 Å². The summed E-state index contributed by atoms with van der Waals surface area (Å²) >= 11 is 0. The van der Waals surface area contributed by atoms with Crippen LogP contribution in [0.15, 0.2) is 24.3 Å². The Morgan fingerprint density at radius 3 is 2.40 bits per heavy atom. The van der Waals surface area contributed by atoms with Gasteiger partial charge in [-0.1, -0.05) is 26.0 Å². The Balaban J connectivity index is 1.95. The number of imide groups is 1. The van der Waals surface area contributed by atoms with E-state index in [1.807, 2.05) is 0 Å². The maximum atomic E-state index is 13.5. The van der Waals surface area contributed by atoms with E-state index in [2.05, 4.69) is 5.32 Å². The van der Waals surface area contributed by atoms with Crippen LogP contribution in [0, 0.1) is 5.82 Å². The van der Waals surface area contributed by atoms with Crippen LogP contribution in [0.1, 0.15) is 37.0 Å². The van der Waals surface area contributed by atoms with Crippen molar-refractivity contribution in [1.29, 1.82) is 0 Å². The molecule has 7 nitrogen and oxygen atoms in total. The Bertz CT molecular complexity index is 715. The van der Waals surface area contributed by atoms with Gasteiger partial charge < -0.3 is 10.1 Å². The number of nitrogens with zero attached hydrogens (tertiary/aromatic N) is 1. The van der Waals surface area contributed by atoms with Crippen molar-refractivity contribution in [3.8, 4) is 0 Å². The van der Waals surface area contributed by atoms with Crippen molar-refractivity contribution in [3.63, 3.8) is 0 Å². The number of hydrogen-bond donors (Lipinski definition) is 1. The van der Waals surface area contributed by atoms with Crippen LogP contribution in [0.3, 0.4) is 0 Å². The number of amides is 3. The van der Waals surface area contributed by atoms with Gasteiger partial charge in [-0.15, -0.1) is 0 Å². The van der Waals surface area contributed by atoms with Gasteiger partial charge in [-0.3, -0.25) is 19.3 Å². The number of benzene rings is 1. The molecule has 25 heavy (non-hydrogen) atoms. The summed E-state index contributed by atoms with van der Waals surface area (Å²) < 4.78 is 18.3. The maximum absolute atomic E-state index is 13.5. The zero-order valence-corrected chi connectivity index (χ0v) is 14.0. The highest BCUT2D eigenvalue weighted by atomic mass is 19.1. The molecule has 1 aromatic rings. The van der Waals surface area contributed by atoms with Crippen molar-refractivity contribution < 1.29 is 28.3 Å². The van der Waals surface area contributed by atoms with Gasteiger partial charge in [-0.25, -0.2) is 9.18 Å². The van der Waals surface area contributed by atoms with E-state index in [1.54, 1.807) is 13.8 Å². The van der Waals surface area contributed by atoms with Gasteiger partial charge in [0, 0.05) is 0 Å². The van der Waals surface area contributed by atoms with Crippen LogP contribution in [0.2, 0.25) is 0 Å². The van der Waals surface area contributed by atoms with Crippen LogP contribution >= 0.6 is 0 Å². The molecule has 0 unspecified atom stereocenters. The number of halogens is 1. The molecular formula is C17H19FN2O5. The molecule has 1 aliphatic rings. The molecule has 0 atom stereocenters. The average Bonchev–Trinajstić information content (AvgIpc) is 2.84. The van der Waals surface area contributed by atoms with E-state index in [0.717, 1.165) is 11.0 Å². The Labute approximate surface area is 144 Å². The molecule has 0 aliphatic carbocycles. The minimum atomic E-state index is -1.01. The molecule has 1 aliphatic heterocycles. The predicted molar refractivity (Wildman–Crippen MR) is 85.2 cm³/mol. The molecule has 1 saturated heterocycles. The van der Waals surface area contributed by atoms with Crippen molar-refractivity contribution in [2.24, 2.45) is 0 Å². The fourth-order valence-corrected chi connectivity index (χ4v) is 2.63. The number of ketones is 1. The van der Waals surface area contributed by atoms with Gasteiger partial charge >= 0.3 is 12.0 Å². The highest BCUT2D eigenvalue weighted by Crippen LogP contribution is 2.24. The van der Waals surface area contributed by atoms with E-state index >= 15 is 0 Å². The van der Waals surface area contributed by atoms with Gasteiger partial charge in [0.1, 0.15) is 17.9 Å². The van der Waals surface area contributed by atoms with Gasteiger partial charge in [0.2, 0.25) is 5.78 Å². The lowest BCUT2D eigenvalue weighted by Gasteiger charge is -2.22. The van der Waals surface area contributed by atoms with Gasteiger partial charge in [0.25, 0.3) is 5.91 Å². The highest BCUT2D eigenvalue weighted by molar-refractivity contribution is 6.08. The van der Waals surface area contributed by atoms with E-state index in [9.17, 15) is 23.6 Å². The molecule has 134 valence electrons. The average molecular weight is 350 g/mol. The first-order valence-electron chi connectivity index (χ1n) is 7.92. The van der Waals surface area contributed by atoms with Gasteiger partial charge in [-0.05, 0) is 25.0 Å². The van der Waals surface area contributed by atoms with Crippen LogP contribution in [-0.4, -0.2) is 47.3 Å². The summed E-state index contributed by atoms with van der Waals surface area (Å²) in [5.41, 5.74) is -1.21. The number of carbonyl (C=O) groups is 4. The molecule has 0 radical (unpaired) electrons. The molecule has 2 rings (SSSR count). The van der Waals surface area contributed by atoms with Crippen LogP contribution < -0.4 is 5.32 Å². The van der Waals surface area contributed by atoms with Crippen molar-refractivity contribution in [2.75, 3.05) is 13.2 Å². The standard InChI is InChI=1S/C17H19FN2O5/c1-3-17(4-2)15(23)20(16(24)19-17)9-14(22)25-10-13(21)11-7-5-6-8-12(11)18/h5-8H,3-4,9-10H2,1-2H3,(H,19,24). The summed E-state index contributed by atoms with van der Waals surface area (Å²) in [5, 5.41) is 2.58. The Morgan fingerprint density at radius 2 is 1.84 bits per heavy atom. The van der Waals surface area contributed by atoms with Crippen molar-refractivity contribution in [1.82, 2.24) is 10.2 Å². The van der Waals surface area contributed by atoms with Crippen molar-refractivity contribution >= 4 is 23.7 Å². The Kier molecular flexibility index (Phi) is 5.51. The number of urea groups is 1. The summed E-state index contributed by atoms with van der Waals surface area (Å²) in [6.07, 6.45) is 0.788. The quantitative estimate of drug-likeness (QED) is 0.459. The normalized spacial score (nSPS) is 15.9. The number of esters is 1. The fourth-order valence-electron chi connectivity index (χ4n) is 2.63. The zero-order chi connectivity index (χ0) is 18.6. The molecule has 0 aromatic heterocycles. The van der Waals surface area contributed by atoms with Crippen LogP contribution in [0.5, 0.6) is 0 Å². The number of rotatable bonds is 7. The summed E-state index contributed by atoms with van der Waals surface area (Å²) in [6, 6.07) is 4.65. The summed E-state index contributed by atoms with van der Waals surface area (Å²) in [5.74, 6) is -2.84. The number of ether oxygens (including phenoxy) is 1. The lowest BCUT2D eigenvalue weighted by atomic mass is 9.93. The molecule has 1 N–H and O–H groups in total. The zero-order valence-electron chi connectivity index (χ0n) is 14.0.